The minimum atomic E-state index is -0.833. The van der Waals surface area contributed by atoms with E-state index in [0.29, 0.717) is 0 Å². The van der Waals surface area contributed by atoms with E-state index in [1.165, 1.54) is 0 Å². The maximum absolute atomic E-state index is 9.00. The van der Waals surface area contributed by atoms with Crippen molar-refractivity contribution in [3.8, 4) is 0 Å². The molecule has 0 rings (SSSR count). The van der Waals surface area contributed by atoms with Gasteiger partial charge in [0.15, 0.2) is 0 Å². The Morgan fingerprint density at radius 2 is 0.643 bits per heavy atom. The first-order valence-electron chi connectivity index (χ1n) is 2.78. The predicted molar refractivity (Wildman–Crippen MR) is 51.4 cm³/mol. The third kappa shape index (κ3) is 9610. The smallest absolute Gasteiger partial charge is 0.300 e. The van der Waals surface area contributed by atoms with E-state index in [9.17, 15) is 0 Å². The van der Waals surface area contributed by atoms with Crippen LogP contribution in [-0.4, -0.2) is 92.3 Å². The van der Waals surface area contributed by atoms with Gasteiger partial charge in [0, 0.05) is 79.9 Å². The number of hydrogen-bond acceptors (Lipinski definition) is 3. The molecule has 0 saturated heterocycles. The molecule has 74 valence electrons. The van der Waals surface area contributed by atoms with Crippen LogP contribution in [0.25, 0.3) is 0 Å². The molecule has 0 aliphatic carbocycles. The Bertz CT molecular complexity index is 118. The maximum Gasteiger partial charge on any atom is 0.300 e. The summed E-state index contributed by atoms with van der Waals surface area (Å²) < 4.78 is 0. The van der Waals surface area contributed by atoms with Crippen molar-refractivity contribution in [2.45, 2.75) is 20.8 Å². The topological polar surface area (TPSA) is 112 Å². The van der Waals surface area contributed by atoms with Gasteiger partial charge < -0.3 is 15.3 Å². The molecule has 0 aromatic rings. The van der Waals surface area contributed by atoms with Crippen molar-refractivity contribution in [3.63, 3.8) is 0 Å². The van der Waals surface area contributed by atoms with Crippen LogP contribution in [0.3, 0.4) is 0 Å². The molecule has 0 heterocycles. The standard InChI is InChI=1S/3C2H4O2.2Na/c3*1-2(3)4;;/h3*1H3,(H,3,4);;. The molecule has 0 bridgehead atoms. The minimum Gasteiger partial charge on any atom is -0.481 e. The molecule has 2 radical (unpaired) electrons. The van der Waals surface area contributed by atoms with Crippen molar-refractivity contribution in [2.24, 2.45) is 0 Å². The van der Waals surface area contributed by atoms with Gasteiger partial charge in [-0.1, -0.05) is 0 Å². The first-order chi connectivity index (χ1) is 5.20. The van der Waals surface area contributed by atoms with Crippen LogP contribution in [0, 0.1) is 0 Å². The van der Waals surface area contributed by atoms with Crippen molar-refractivity contribution in [1.29, 1.82) is 0 Å². The molecule has 14 heavy (non-hydrogen) atoms. The van der Waals surface area contributed by atoms with Crippen LogP contribution in [0.2, 0.25) is 0 Å². The summed E-state index contributed by atoms with van der Waals surface area (Å²) in [6, 6.07) is 0. The van der Waals surface area contributed by atoms with Crippen LogP contribution in [0.15, 0.2) is 0 Å². The average Bonchev–Trinajstić information content (AvgIpc) is 1.54. The van der Waals surface area contributed by atoms with E-state index in [2.05, 4.69) is 0 Å². The molecule has 0 amide bonds. The van der Waals surface area contributed by atoms with Crippen molar-refractivity contribution in [3.05, 3.63) is 0 Å². The van der Waals surface area contributed by atoms with Gasteiger partial charge in [-0.2, -0.15) is 0 Å². The SMILES string of the molecule is CC(=O)O.CC(=O)O.CC(=O)O.[Na].[Na]. The monoisotopic (exact) mass is 226 g/mol. The number of aliphatic carboxylic acids is 3. The summed E-state index contributed by atoms with van der Waals surface area (Å²) in [4.78, 5) is 27.0. The van der Waals surface area contributed by atoms with Gasteiger partial charge in [-0.3, -0.25) is 14.4 Å². The summed E-state index contributed by atoms with van der Waals surface area (Å²) in [5.74, 6) is -2.50. The van der Waals surface area contributed by atoms with Gasteiger partial charge in [0.25, 0.3) is 17.9 Å². The maximum atomic E-state index is 9.00. The summed E-state index contributed by atoms with van der Waals surface area (Å²) in [5.41, 5.74) is 0. The van der Waals surface area contributed by atoms with Gasteiger partial charge in [-0.15, -0.1) is 0 Å². The van der Waals surface area contributed by atoms with E-state index in [4.69, 9.17) is 29.7 Å². The Hall–Kier alpha value is 0.410. The summed E-state index contributed by atoms with van der Waals surface area (Å²) in [6.45, 7) is 3.25. The van der Waals surface area contributed by atoms with E-state index in [-0.39, 0.29) is 59.1 Å². The molecule has 0 saturated carbocycles. The van der Waals surface area contributed by atoms with Gasteiger partial charge in [-0.25, -0.2) is 0 Å². The predicted octanol–water partition coefficient (Wildman–Crippen LogP) is -0.489. The van der Waals surface area contributed by atoms with Crippen molar-refractivity contribution in [1.82, 2.24) is 0 Å². The zero-order valence-corrected chi connectivity index (χ0v) is 13.1. The van der Waals surface area contributed by atoms with Crippen LogP contribution in [-0.2, 0) is 14.4 Å². The van der Waals surface area contributed by atoms with Crippen molar-refractivity contribution in [2.75, 3.05) is 0 Å². The third-order valence-electron chi connectivity index (χ3n) is 0. The summed E-state index contributed by atoms with van der Waals surface area (Å²) in [6.07, 6.45) is 0. The molecule has 3 N–H and O–H groups in total. The van der Waals surface area contributed by atoms with Crippen molar-refractivity contribution < 1.29 is 29.7 Å². The number of carboxylic acids is 3. The van der Waals surface area contributed by atoms with Crippen LogP contribution >= 0.6 is 0 Å². The van der Waals surface area contributed by atoms with Crippen LogP contribution in [0.5, 0.6) is 0 Å². The summed E-state index contributed by atoms with van der Waals surface area (Å²) in [7, 11) is 0. The van der Waals surface area contributed by atoms with Gasteiger partial charge in [0.05, 0.1) is 0 Å². The second-order valence-electron chi connectivity index (χ2n) is 1.56. The molecule has 0 unspecified atom stereocenters. The molecule has 0 fully saturated rings. The Labute approximate surface area is 126 Å². The summed E-state index contributed by atoms with van der Waals surface area (Å²) in [5, 5.41) is 22.2. The second-order valence-corrected chi connectivity index (χ2v) is 1.56. The first kappa shape index (κ1) is 29.3. The van der Waals surface area contributed by atoms with E-state index in [1.54, 1.807) is 0 Å². The zero-order chi connectivity index (χ0) is 10.7. The van der Waals surface area contributed by atoms with Gasteiger partial charge in [-0.05, 0) is 0 Å². The summed E-state index contributed by atoms with van der Waals surface area (Å²) >= 11 is 0. The number of carbonyl (C=O) groups is 3. The Kier molecular flexibility index (Phi) is 48.8. The number of carboxylic acid groups (broad SMARTS) is 3. The fourth-order valence-electron chi connectivity index (χ4n) is 0. The van der Waals surface area contributed by atoms with Crippen LogP contribution in [0.1, 0.15) is 20.8 Å². The largest absolute Gasteiger partial charge is 0.481 e. The third-order valence-corrected chi connectivity index (χ3v) is 0. The van der Waals surface area contributed by atoms with Gasteiger partial charge in [0.2, 0.25) is 0 Å². The normalized spacial score (nSPS) is 5.36. The quantitative estimate of drug-likeness (QED) is 0.480. The van der Waals surface area contributed by atoms with E-state index < -0.39 is 17.9 Å². The van der Waals surface area contributed by atoms with Crippen LogP contribution in [0.4, 0.5) is 0 Å². The molecular weight excluding hydrogens is 214 g/mol. The molecule has 0 spiro atoms. The number of rotatable bonds is 0. The molecule has 0 aliphatic rings. The Morgan fingerprint density at radius 3 is 0.643 bits per heavy atom. The van der Waals surface area contributed by atoms with Gasteiger partial charge >= 0.3 is 0 Å². The van der Waals surface area contributed by atoms with Crippen molar-refractivity contribution >= 4 is 77.0 Å². The molecular formula is C6H12Na2O6. The molecule has 0 aromatic heterocycles. The fourth-order valence-corrected chi connectivity index (χ4v) is 0. The minimum absolute atomic E-state index is 0. The van der Waals surface area contributed by atoms with Crippen LogP contribution < -0.4 is 0 Å². The number of hydrogen-bond donors (Lipinski definition) is 3. The van der Waals surface area contributed by atoms with E-state index in [0.717, 1.165) is 20.8 Å². The molecule has 6 nitrogen and oxygen atoms in total. The molecule has 0 atom stereocenters. The Morgan fingerprint density at radius 1 is 0.643 bits per heavy atom. The Balaban J connectivity index is -0.0000000270. The second kappa shape index (κ2) is 23.3. The molecule has 8 heteroatoms. The average molecular weight is 226 g/mol. The van der Waals surface area contributed by atoms with E-state index in [1.807, 2.05) is 0 Å². The first-order valence-corrected chi connectivity index (χ1v) is 2.78. The molecule has 0 aromatic carbocycles. The fraction of sp³-hybridized carbons (Fsp3) is 0.500. The van der Waals surface area contributed by atoms with Gasteiger partial charge in [0.1, 0.15) is 0 Å². The van der Waals surface area contributed by atoms with E-state index >= 15 is 0 Å². The zero-order valence-electron chi connectivity index (χ0n) is 9.07. The molecule has 0 aliphatic heterocycles.